The fourth-order valence-electron chi connectivity index (χ4n) is 4.04. The Bertz CT molecular complexity index is 709. The van der Waals surface area contributed by atoms with Gasteiger partial charge in [-0.1, -0.05) is 0 Å². The van der Waals surface area contributed by atoms with Crippen LogP contribution in [0.4, 0.5) is 26.3 Å². The zero-order chi connectivity index (χ0) is 20.5. The molecule has 1 N–H and O–H groups in total. The quantitative estimate of drug-likeness (QED) is 0.727. The van der Waals surface area contributed by atoms with Crippen LogP contribution < -0.4 is 5.32 Å². The lowest BCUT2D eigenvalue weighted by Crippen LogP contribution is -2.44. The third-order valence-electron chi connectivity index (χ3n) is 5.55. The van der Waals surface area contributed by atoms with E-state index < -0.39 is 36.3 Å². The highest BCUT2D eigenvalue weighted by atomic mass is 19.4. The molecule has 1 unspecified atom stereocenters. The Labute approximate surface area is 159 Å². The van der Waals surface area contributed by atoms with E-state index in [4.69, 9.17) is 0 Å². The largest absolute Gasteiger partial charge is 0.416 e. The Hall–Kier alpha value is -1.77. The number of halogens is 6. The highest BCUT2D eigenvalue weighted by Crippen LogP contribution is 2.39. The van der Waals surface area contributed by atoms with E-state index in [2.05, 4.69) is 5.32 Å². The Morgan fingerprint density at radius 3 is 2.32 bits per heavy atom. The monoisotopic (exact) mass is 408 g/mol. The van der Waals surface area contributed by atoms with Crippen LogP contribution in [0.15, 0.2) is 18.2 Å². The Kier molecular flexibility index (Phi) is 5.93. The van der Waals surface area contributed by atoms with Crippen molar-refractivity contribution in [2.75, 3.05) is 26.2 Å². The van der Waals surface area contributed by atoms with Crippen LogP contribution in [0.25, 0.3) is 0 Å². The van der Waals surface area contributed by atoms with E-state index >= 15 is 0 Å². The lowest BCUT2D eigenvalue weighted by molar-refractivity contribution is -0.184. The van der Waals surface area contributed by atoms with Gasteiger partial charge < -0.3 is 10.2 Å². The first-order valence-corrected chi connectivity index (χ1v) is 9.35. The van der Waals surface area contributed by atoms with Gasteiger partial charge in [0.05, 0.1) is 11.5 Å². The maximum absolute atomic E-state index is 13.4. The number of hydrogen-bond acceptors (Lipinski definition) is 2. The number of piperidine rings is 2. The van der Waals surface area contributed by atoms with Crippen LogP contribution in [0.2, 0.25) is 0 Å². The van der Waals surface area contributed by atoms with Gasteiger partial charge in [-0.05, 0) is 68.5 Å². The number of carbonyl (C=O) groups excluding carboxylic acids is 1. The molecule has 0 saturated carbocycles. The van der Waals surface area contributed by atoms with Gasteiger partial charge in [0.15, 0.2) is 0 Å². The molecule has 1 amide bonds. The van der Waals surface area contributed by atoms with Crippen molar-refractivity contribution in [3.8, 4) is 0 Å². The first-order chi connectivity index (χ1) is 13.1. The van der Waals surface area contributed by atoms with Crippen LogP contribution in [0.5, 0.6) is 0 Å². The van der Waals surface area contributed by atoms with E-state index in [0.717, 1.165) is 17.0 Å². The summed E-state index contributed by atoms with van der Waals surface area (Å²) in [5.41, 5.74) is -0.698. The first kappa shape index (κ1) is 21.0. The van der Waals surface area contributed by atoms with Gasteiger partial charge in [0.25, 0.3) is 5.91 Å². The topological polar surface area (TPSA) is 32.3 Å². The summed E-state index contributed by atoms with van der Waals surface area (Å²) in [7, 11) is 0. The van der Waals surface area contributed by atoms with Crippen LogP contribution in [0.1, 0.15) is 53.1 Å². The minimum absolute atomic E-state index is 0.0179. The van der Waals surface area contributed by atoms with Crippen molar-refractivity contribution < 1.29 is 31.1 Å². The number of hydrogen-bond donors (Lipinski definition) is 1. The van der Waals surface area contributed by atoms with Crippen LogP contribution in [-0.4, -0.2) is 43.2 Å². The molecule has 2 saturated heterocycles. The molecule has 0 spiro atoms. The molecular weight excluding hydrogens is 386 g/mol. The summed E-state index contributed by atoms with van der Waals surface area (Å²) in [6.45, 7) is 0.889. The zero-order valence-corrected chi connectivity index (χ0v) is 15.2. The Balaban J connectivity index is 1.88. The predicted octanol–water partition coefficient (Wildman–Crippen LogP) is 4.59. The number of benzene rings is 1. The molecule has 3 nitrogen and oxygen atoms in total. The predicted molar refractivity (Wildman–Crippen MR) is 91.0 cm³/mol. The number of alkyl halides is 6. The summed E-state index contributed by atoms with van der Waals surface area (Å²) in [5, 5.41) is 3.09. The Morgan fingerprint density at radius 2 is 1.71 bits per heavy atom. The second-order valence-electron chi connectivity index (χ2n) is 7.46. The summed E-state index contributed by atoms with van der Waals surface area (Å²) in [4.78, 5) is 13.8. The average molecular weight is 408 g/mol. The van der Waals surface area contributed by atoms with E-state index in [0.29, 0.717) is 25.9 Å². The maximum atomic E-state index is 13.4. The molecular formula is C19H22F6N2O. The highest BCUT2D eigenvalue weighted by molar-refractivity contribution is 5.94. The third kappa shape index (κ3) is 4.61. The third-order valence-corrected chi connectivity index (χ3v) is 5.55. The molecule has 156 valence electrons. The lowest BCUT2D eigenvalue weighted by Gasteiger charge is -2.34. The summed E-state index contributed by atoms with van der Waals surface area (Å²) in [5.74, 6) is -2.57. The molecule has 2 aliphatic heterocycles. The summed E-state index contributed by atoms with van der Waals surface area (Å²) < 4.78 is 79.3. The van der Waals surface area contributed by atoms with Gasteiger partial charge in [0.2, 0.25) is 0 Å². The molecule has 3 rings (SSSR count). The molecule has 1 aromatic carbocycles. The van der Waals surface area contributed by atoms with E-state index in [1.165, 1.54) is 6.07 Å². The molecule has 1 atom stereocenters. The molecule has 28 heavy (non-hydrogen) atoms. The van der Waals surface area contributed by atoms with Crippen molar-refractivity contribution >= 4 is 5.91 Å². The second-order valence-corrected chi connectivity index (χ2v) is 7.46. The van der Waals surface area contributed by atoms with E-state index in [9.17, 15) is 31.1 Å². The molecule has 9 heteroatoms. The standard InChI is InChI=1S/C19H22F6N2O/c20-18(21,22)14-2-1-9-27(11-14)17(28)13-3-4-16(19(23,24)25)15(10-13)12-5-7-26-8-6-12/h3-4,10,12,14,26H,1-2,5-9,11H2. The summed E-state index contributed by atoms with van der Waals surface area (Å²) in [6, 6.07) is 3.20. The first-order valence-electron chi connectivity index (χ1n) is 9.35. The fourth-order valence-corrected chi connectivity index (χ4v) is 4.04. The zero-order valence-electron chi connectivity index (χ0n) is 15.2. The molecule has 0 radical (unpaired) electrons. The number of nitrogens with zero attached hydrogens (tertiary/aromatic N) is 1. The summed E-state index contributed by atoms with van der Waals surface area (Å²) >= 11 is 0. The number of carbonyl (C=O) groups is 1. The molecule has 1 aromatic rings. The van der Waals surface area contributed by atoms with Gasteiger partial charge >= 0.3 is 12.4 Å². The SMILES string of the molecule is O=C(c1ccc(C(F)(F)F)c(C2CCNCC2)c1)N1CCCC(C(F)(F)F)C1. The normalized spacial score (nSPS) is 22.4. The van der Waals surface area contributed by atoms with Gasteiger partial charge in [-0.25, -0.2) is 0 Å². The van der Waals surface area contributed by atoms with Crippen molar-refractivity contribution in [3.05, 3.63) is 34.9 Å². The van der Waals surface area contributed by atoms with Crippen molar-refractivity contribution in [1.29, 1.82) is 0 Å². The van der Waals surface area contributed by atoms with Crippen molar-refractivity contribution in [1.82, 2.24) is 10.2 Å². The van der Waals surface area contributed by atoms with E-state index in [1.54, 1.807) is 0 Å². The van der Waals surface area contributed by atoms with Crippen LogP contribution in [0, 0.1) is 5.92 Å². The lowest BCUT2D eigenvalue weighted by atomic mass is 9.85. The van der Waals surface area contributed by atoms with Crippen LogP contribution in [-0.2, 0) is 6.18 Å². The smallest absolute Gasteiger partial charge is 0.338 e. The van der Waals surface area contributed by atoms with Gasteiger partial charge in [-0.2, -0.15) is 26.3 Å². The average Bonchev–Trinajstić information content (AvgIpc) is 2.66. The second kappa shape index (κ2) is 7.93. The molecule has 0 aliphatic carbocycles. The molecule has 2 aliphatic rings. The number of amides is 1. The van der Waals surface area contributed by atoms with E-state index in [1.807, 2.05) is 0 Å². The Morgan fingerprint density at radius 1 is 1.04 bits per heavy atom. The van der Waals surface area contributed by atoms with Crippen LogP contribution >= 0.6 is 0 Å². The number of nitrogens with one attached hydrogen (secondary N) is 1. The van der Waals surface area contributed by atoms with Gasteiger partial charge in [-0.3, -0.25) is 4.79 Å². The number of rotatable bonds is 2. The minimum Gasteiger partial charge on any atom is -0.338 e. The molecule has 0 aromatic heterocycles. The number of likely N-dealkylation sites (tertiary alicyclic amines) is 1. The molecule has 2 heterocycles. The molecule has 0 bridgehead atoms. The maximum Gasteiger partial charge on any atom is 0.416 e. The fraction of sp³-hybridized carbons (Fsp3) is 0.632. The van der Waals surface area contributed by atoms with Gasteiger partial charge in [0.1, 0.15) is 0 Å². The minimum atomic E-state index is -4.55. The van der Waals surface area contributed by atoms with Gasteiger partial charge in [-0.15, -0.1) is 0 Å². The van der Waals surface area contributed by atoms with Crippen molar-refractivity contribution in [2.45, 2.75) is 44.0 Å². The van der Waals surface area contributed by atoms with Crippen molar-refractivity contribution in [3.63, 3.8) is 0 Å². The summed E-state index contributed by atoms with van der Waals surface area (Å²) in [6.07, 6.45) is -7.73. The van der Waals surface area contributed by atoms with Gasteiger partial charge in [0, 0.05) is 18.7 Å². The van der Waals surface area contributed by atoms with Crippen LogP contribution in [0.3, 0.4) is 0 Å². The van der Waals surface area contributed by atoms with Crippen molar-refractivity contribution in [2.24, 2.45) is 5.92 Å². The highest BCUT2D eigenvalue weighted by Gasteiger charge is 2.43. The van der Waals surface area contributed by atoms with E-state index in [-0.39, 0.29) is 36.4 Å². The molecule has 2 fully saturated rings.